The van der Waals surface area contributed by atoms with Gasteiger partial charge in [-0.2, -0.15) is 0 Å². The van der Waals surface area contributed by atoms with E-state index in [0.717, 1.165) is 42.3 Å². The summed E-state index contributed by atoms with van der Waals surface area (Å²) < 4.78 is 23.6. The van der Waals surface area contributed by atoms with Crippen LogP contribution >= 0.6 is 0 Å². The molecular weight excluding hydrogens is 534 g/mol. The first-order valence-corrected chi connectivity index (χ1v) is 14.5. The molecule has 0 atom stereocenters. The summed E-state index contributed by atoms with van der Waals surface area (Å²) in [4.78, 5) is 33.4. The Bertz CT molecular complexity index is 1380. The summed E-state index contributed by atoms with van der Waals surface area (Å²) >= 11 is 0. The lowest BCUT2D eigenvalue weighted by Crippen LogP contribution is -2.41. The number of fused-ring (bicyclic) bond motifs is 1. The predicted molar refractivity (Wildman–Crippen MR) is 161 cm³/mol. The summed E-state index contributed by atoms with van der Waals surface area (Å²) in [5.74, 6) is 1.95. The first-order chi connectivity index (χ1) is 20.6. The second-order valence-corrected chi connectivity index (χ2v) is 9.87. The fourth-order valence-corrected chi connectivity index (χ4v) is 4.51. The van der Waals surface area contributed by atoms with Crippen molar-refractivity contribution in [2.24, 2.45) is 0 Å². The van der Waals surface area contributed by atoms with E-state index in [1.807, 2.05) is 66.5 Å². The van der Waals surface area contributed by atoms with Crippen LogP contribution in [0.15, 0.2) is 71.3 Å². The zero-order valence-corrected chi connectivity index (χ0v) is 24.4. The molecule has 1 fully saturated rings. The monoisotopic (exact) mass is 573 g/mol. The lowest BCUT2D eigenvalue weighted by molar-refractivity contribution is -0.134. The second-order valence-electron chi connectivity index (χ2n) is 9.87. The van der Waals surface area contributed by atoms with Gasteiger partial charge < -0.3 is 28.3 Å². The molecule has 0 bridgehead atoms. The van der Waals surface area contributed by atoms with Crippen molar-refractivity contribution in [3.8, 4) is 11.5 Å². The van der Waals surface area contributed by atoms with Gasteiger partial charge in [0.1, 0.15) is 36.5 Å². The van der Waals surface area contributed by atoms with Crippen LogP contribution in [-0.2, 0) is 20.9 Å². The number of oxazole rings is 1. The lowest BCUT2D eigenvalue weighted by Gasteiger charge is -2.32. The Morgan fingerprint density at radius 3 is 2.67 bits per heavy atom. The normalized spacial score (nSPS) is 14.7. The van der Waals surface area contributed by atoms with Gasteiger partial charge in [-0.25, -0.2) is 4.98 Å². The molecule has 1 aliphatic heterocycles. The van der Waals surface area contributed by atoms with Crippen LogP contribution in [0.1, 0.15) is 57.5 Å². The number of hydrogen-bond acceptors (Lipinski definition) is 8. The number of benzene rings is 1. The predicted octanol–water partition coefficient (Wildman–Crippen LogP) is 6.09. The fraction of sp³-hybridized carbons (Fsp3) is 0.394. The van der Waals surface area contributed by atoms with E-state index in [0.29, 0.717) is 55.9 Å². The topological polar surface area (TPSA) is 104 Å². The van der Waals surface area contributed by atoms with Crippen LogP contribution in [0.3, 0.4) is 0 Å². The summed E-state index contributed by atoms with van der Waals surface area (Å²) in [7, 11) is 0. The zero-order chi connectivity index (χ0) is 29.6. The number of allylic oxidation sites excluding steroid dienone is 6. The molecule has 9 nitrogen and oxygen atoms in total. The summed E-state index contributed by atoms with van der Waals surface area (Å²) in [6.45, 7) is 6.56. The summed E-state index contributed by atoms with van der Waals surface area (Å²) in [6, 6.07) is 9.32. The number of piperidine rings is 1. The van der Waals surface area contributed by atoms with E-state index in [9.17, 15) is 9.59 Å². The van der Waals surface area contributed by atoms with Gasteiger partial charge in [0.05, 0.1) is 24.6 Å². The Kier molecular flexibility index (Phi) is 11.9. The third kappa shape index (κ3) is 9.14. The molecule has 9 heteroatoms. The van der Waals surface area contributed by atoms with Crippen molar-refractivity contribution >= 4 is 28.9 Å². The van der Waals surface area contributed by atoms with Crippen molar-refractivity contribution in [3.63, 3.8) is 0 Å². The number of rotatable bonds is 15. The van der Waals surface area contributed by atoms with Gasteiger partial charge in [0.15, 0.2) is 5.58 Å². The molecule has 0 N–H and O–H groups in total. The minimum atomic E-state index is 0.0397. The van der Waals surface area contributed by atoms with Gasteiger partial charge in [-0.1, -0.05) is 31.2 Å². The summed E-state index contributed by atoms with van der Waals surface area (Å²) in [5.41, 5.74) is 3.11. The summed E-state index contributed by atoms with van der Waals surface area (Å²) in [5, 5.41) is 0. The molecule has 3 aromatic rings. The maximum Gasteiger partial charge on any atom is 0.226 e. The minimum absolute atomic E-state index is 0.0397. The Balaban J connectivity index is 1.18. The van der Waals surface area contributed by atoms with E-state index in [1.54, 1.807) is 6.20 Å². The van der Waals surface area contributed by atoms with E-state index in [2.05, 4.69) is 23.0 Å². The van der Waals surface area contributed by atoms with Crippen molar-refractivity contribution in [2.45, 2.75) is 58.7 Å². The first kappa shape index (κ1) is 30.7. The van der Waals surface area contributed by atoms with Crippen LogP contribution < -0.4 is 9.47 Å². The van der Waals surface area contributed by atoms with Crippen LogP contribution in [0.25, 0.3) is 16.7 Å². The average Bonchev–Trinajstić information content (AvgIpc) is 3.45. The molecule has 3 heterocycles. The van der Waals surface area contributed by atoms with Gasteiger partial charge >= 0.3 is 0 Å². The number of nitrogens with zero attached hydrogens (tertiary/aromatic N) is 3. The number of carbonyl (C=O) groups is 2. The van der Waals surface area contributed by atoms with E-state index >= 15 is 0 Å². The smallest absolute Gasteiger partial charge is 0.226 e. The second kappa shape index (κ2) is 16.3. The Labute approximate surface area is 246 Å². The van der Waals surface area contributed by atoms with Crippen LogP contribution in [0.2, 0.25) is 0 Å². The minimum Gasteiger partial charge on any atom is -0.490 e. The highest BCUT2D eigenvalue weighted by Gasteiger charge is 2.22. The van der Waals surface area contributed by atoms with E-state index in [1.165, 1.54) is 0 Å². The number of hydrogen-bond donors (Lipinski definition) is 0. The number of aldehydes is 1. The molecule has 1 saturated heterocycles. The molecule has 2 aromatic heterocycles. The van der Waals surface area contributed by atoms with Crippen molar-refractivity contribution in [3.05, 3.63) is 78.5 Å². The first-order valence-electron chi connectivity index (χ1n) is 14.5. The van der Waals surface area contributed by atoms with Crippen LogP contribution in [0.4, 0.5) is 0 Å². The fourth-order valence-electron chi connectivity index (χ4n) is 4.51. The maximum atomic E-state index is 12.0. The number of amides is 1. The summed E-state index contributed by atoms with van der Waals surface area (Å²) in [6.07, 6.45) is 15.7. The van der Waals surface area contributed by atoms with Gasteiger partial charge in [-0.3, -0.25) is 9.78 Å². The van der Waals surface area contributed by atoms with Gasteiger partial charge in [-0.15, -0.1) is 0 Å². The van der Waals surface area contributed by atoms with Gasteiger partial charge in [0.2, 0.25) is 11.8 Å². The third-order valence-corrected chi connectivity index (χ3v) is 6.84. The molecule has 4 rings (SSSR count). The molecular formula is C33H39N3O6. The standard InChI is InChI=1S/C33H39N3O6/c1-3-5-6-7-9-25(4-2)33-35-30-22-28(13-14-31(30)42-33)41-24-26-11-12-29(23-34-26)40-21-20-39-27-15-17-36(18-16-27)32(38)10-8-19-37/h4-7,9,11-14,19,22-23,27H,3,8,10,15-18,20-21,24H2,1-2H3/b6-5-,9-7-,25-4+. The highest BCUT2D eigenvalue weighted by Crippen LogP contribution is 2.26. The lowest BCUT2D eigenvalue weighted by atomic mass is 10.1. The number of carbonyl (C=O) groups excluding carboxylic acids is 2. The number of ether oxygens (including phenoxy) is 3. The van der Waals surface area contributed by atoms with Gasteiger partial charge in [-0.05, 0) is 56.5 Å². The van der Waals surface area contributed by atoms with Crippen molar-refractivity contribution < 1.29 is 28.2 Å². The number of aromatic nitrogens is 2. The largest absolute Gasteiger partial charge is 0.490 e. The molecule has 42 heavy (non-hydrogen) atoms. The third-order valence-electron chi connectivity index (χ3n) is 6.84. The average molecular weight is 574 g/mol. The molecule has 0 radical (unpaired) electrons. The number of likely N-dealkylation sites (tertiary alicyclic amines) is 1. The van der Waals surface area contributed by atoms with E-state index in [-0.39, 0.29) is 24.9 Å². The molecule has 0 aliphatic carbocycles. The molecule has 222 valence electrons. The van der Waals surface area contributed by atoms with E-state index < -0.39 is 0 Å². The maximum absolute atomic E-state index is 12.0. The van der Waals surface area contributed by atoms with Gasteiger partial charge in [0.25, 0.3) is 0 Å². The molecule has 1 aliphatic rings. The SMILES string of the molecule is C\C=C(/C=C\C=C/CC)c1nc2cc(OCc3ccc(OCCOC4CCN(C(=O)CCC=O)CC4)cn3)ccc2o1. The highest BCUT2D eigenvalue weighted by atomic mass is 16.5. The Hall–Kier alpha value is -4.24. The van der Waals surface area contributed by atoms with Crippen LogP contribution in [-0.4, -0.2) is 59.5 Å². The Morgan fingerprint density at radius 2 is 1.93 bits per heavy atom. The Morgan fingerprint density at radius 1 is 1.10 bits per heavy atom. The van der Waals surface area contributed by atoms with Crippen LogP contribution in [0.5, 0.6) is 11.5 Å². The molecule has 0 spiro atoms. The molecule has 1 amide bonds. The number of pyridine rings is 1. The molecule has 1 aromatic carbocycles. The van der Waals surface area contributed by atoms with Crippen LogP contribution in [0, 0.1) is 0 Å². The zero-order valence-electron chi connectivity index (χ0n) is 24.4. The van der Waals surface area contributed by atoms with Gasteiger partial charge in [0, 0.05) is 37.6 Å². The molecule has 0 saturated carbocycles. The molecule has 0 unspecified atom stereocenters. The highest BCUT2D eigenvalue weighted by molar-refractivity contribution is 5.79. The van der Waals surface area contributed by atoms with Crippen molar-refractivity contribution in [1.29, 1.82) is 0 Å². The van der Waals surface area contributed by atoms with Crippen molar-refractivity contribution in [1.82, 2.24) is 14.9 Å². The quantitative estimate of drug-likeness (QED) is 0.122. The van der Waals surface area contributed by atoms with E-state index in [4.69, 9.17) is 18.6 Å². The van der Waals surface area contributed by atoms with Crippen molar-refractivity contribution in [2.75, 3.05) is 26.3 Å².